The van der Waals surface area contributed by atoms with Crippen LogP contribution in [-0.4, -0.2) is 17.8 Å². The molecule has 0 aliphatic rings. The van der Waals surface area contributed by atoms with Crippen molar-refractivity contribution in [1.29, 1.82) is 0 Å². The van der Waals surface area contributed by atoms with Crippen LogP contribution in [0.1, 0.15) is 24.5 Å². The third-order valence-electron chi connectivity index (χ3n) is 3.75. The van der Waals surface area contributed by atoms with E-state index in [4.69, 9.17) is 16.3 Å². The van der Waals surface area contributed by atoms with Gasteiger partial charge < -0.3 is 15.2 Å². The zero-order valence-corrected chi connectivity index (χ0v) is 15.7. The van der Waals surface area contributed by atoms with Gasteiger partial charge in [0.2, 0.25) is 0 Å². The molecule has 2 rings (SSSR count). The summed E-state index contributed by atoms with van der Waals surface area (Å²) in [4.78, 5) is 0. The Kier molecular flexibility index (Phi) is 7.49. The van der Waals surface area contributed by atoms with Gasteiger partial charge in [-0.3, -0.25) is 0 Å². The second-order valence-electron chi connectivity index (χ2n) is 5.41. The Morgan fingerprint density at radius 2 is 2.12 bits per heavy atom. The van der Waals surface area contributed by atoms with Crippen molar-refractivity contribution >= 4 is 27.5 Å². The fraction of sp³-hybridized carbons (Fsp3) is 0.333. The lowest BCUT2D eigenvalue weighted by Gasteiger charge is -2.17. The number of benzene rings is 2. The molecule has 0 spiro atoms. The zero-order chi connectivity index (χ0) is 17.5. The number of aliphatic hydroxyl groups is 1. The molecule has 0 unspecified atom stereocenters. The van der Waals surface area contributed by atoms with E-state index in [1.807, 2.05) is 25.1 Å². The molecule has 130 valence electrons. The minimum atomic E-state index is -0.384. The molecule has 0 fully saturated rings. The van der Waals surface area contributed by atoms with E-state index in [0.717, 1.165) is 16.5 Å². The van der Waals surface area contributed by atoms with E-state index in [1.54, 1.807) is 12.1 Å². The maximum absolute atomic E-state index is 13.9. The van der Waals surface area contributed by atoms with Gasteiger partial charge in [0.1, 0.15) is 18.2 Å². The molecule has 2 N–H and O–H groups in total. The summed E-state index contributed by atoms with van der Waals surface area (Å²) in [5.41, 5.74) is 1.26. The van der Waals surface area contributed by atoms with Crippen LogP contribution in [0, 0.1) is 5.82 Å². The lowest BCUT2D eigenvalue weighted by atomic mass is 10.1. The second-order valence-corrected chi connectivity index (χ2v) is 6.73. The maximum Gasteiger partial charge on any atom is 0.131 e. The molecule has 2 aromatic carbocycles. The normalized spacial score (nSPS) is 12.2. The van der Waals surface area contributed by atoms with Crippen molar-refractivity contribution in [1.82, 2.24) is 5.32 Å². The van der Waals surface area contributed by atoms with Crippen molar-refractivity contribution in [2.45, 2.75) is 32.5 Å². The van der Waals surface area contributed by atoms with Crippen molar-refractivity contribution in [3.8, 4) is 5.75 Å². The topological polar surface area (TPSA) is 41.5 Å². The summed E-state index contributed by atoms with van der Waals surface area (Å²) in [6, 6.07) is 10.2. The molecule has 0 aliphatic carbocycles. The summed E-state index contributed by atoms with van der Waals surface area (Å²) < 4.78 is 20.6. The van der Waals surface area contributed by atoms with Crippen molar-refractivity contribution in [2.75, 3.05) is 6.61 Å². The number of nitrogens with one attached hydrogen (secondary N) is 1. The van der Waals surface area contributed by atoms with Gasteiger partial charge in [-0.25, -0.2) is 4.39 Å². The molecule has 0 amide bonds. The first kappa shape index (κ1) is 19.2. The van der Waals surface area contributed by atoms with Crippen molar-refractivity contribution < 1.29 is 14.2 Å². The maximum atomic E-state index is 13.9. The van der Waals surface area contributed by atoms with Crippen LogP contribution < -0.4 is 10.1 Å². The highest BCUT2D eigenvalue weighted by atomic mass is 79.9. The smallest absolute Gasteiger partial charge is 0.131 e. The largest absolute Gasteiger partial charge is 0.488 e. The van der Waals surface area contributed by atoms with Crippen LogP contribution in [0.3, 0.4) is 0 Å². The van der Waals surface area contributed by atoms with Gasteiger partial charge in [0, 0.05) is 28.2 Å². The fourth-order valence-corrected chi connectivity index (χ4v) is 2.87. The molecule has 0 saturated carbocycles. The Labute approximate surface area is 154 Å². The molecule has 0 heterocycles. The molecule has 0 saturated heterocycles. The average Bonchev–Trinajstić information content (AvgIpc) is 2.57. The minimum absolute atomic E-state index is 0.0258. The average molecular weight is 417 g/mol. The third kappa shape index (κ3) is 5.18. The monoisotopic (exact) mass is 415 g/mol. The number of ether oxygens (including phenoxy) is 1. The Hall–Kier alpha value is -1.14. The summed E-state index contributed by atoms with van der Waals surface area (Å²) >= 11 is 9.48. The lowest BCUT2D eigenvalue weighted by Crippen LogP contribution is -2.31. The van der Waals surface area contributed by atoms with Gasteiger partial charge in [0.05, 0.1) is 11.6 Å². The number of hydrogen-bond acceptors (Lipinski definition) is 3. The summed E-state index contributed by atoms with van der Waals surface area (Å²) in [7, 11) is 0. The summed E-state index contributed by atoms with van der Waals surface area (Å²) in [6.07, 6.45) is 0.825. The second kappa shape index (κ2) is 9.37. The first-order valence-electron chi connectivity index (χ1n) is 7.73. The molecule has 2 aromatic rings. The van der Waals surface area contributed by atoms with Crippen LogP contribution in [-0.2, 0) is 13.2 Å². The first-order valence-corrected chi connectivity index (χ1v) is 8.90. The molecule has 0 aromatic heterocycles. The van der Waals surface area contributed by atoms with E-state index in [2.05, 4.69) is 21.2 Å². The lowest BCUT2D eigenvalue weighted by molar-refractivity contribution is 0.237. The van der Waals surface area contributed by atoms with Crippen molar-refractivity contribution in [3.05, 3.63) is 62.8 Å². The minimum Gasteiger partial charge on any atom is -0.488 e. The van der Waals surface area contributed by atoms with E-state index in [9.17, 15) is 9.50 Å². The SMILES string of the molecule is CC[C@@H](CO)NCc1cc(Br)ccc1OCc1c(F)cccc1Cl. The Bertz CT molecular complexity index is 660. The van der Waals surface area contributed by atoms with Crippen LogP contribution >= 0.6 is 27.5 Å². The predicted molar refractivity (Wildman–Crippen MR) is 97.9 cm³/mol. The van der Waals surface area contributed by atoms with Gasteiger partial charge in [-0.05, 0) is 36.8 Å². The van der Waals surface area contributed by atoms with E-state index >= 15 is 0 Å². The zero-order valence-electron chi connectivity index (χ0n) is 13.4. The molecule has 24 heavy (non-hydrogen) atoms. The molecule has 0 radical (unpaired) electrons. The highest BCUT2D eigenvalue weighted by Crippen LogP contribution is 2.26. The quantitative estimate of drug-likeness (QED) is 0.656. The van der Waals surface area contributed by atoms with Crippen LogP contribution in [0.2, 0.25) is 5.02 Å². The molecule has 3 nitrogen and oxygen atoms in total. The number of rotatable bonds is 8. The molecular weight excluding hydrogens is 397 g/mol. The van der Waals surface area contributed by atoms with Crippen LogP contribution in [0.25, 0.3) is 0 Å². The van der Waals surface area contributed by atoms with E-state index in [-0.39, 0.29) is 25.1 Å². The van der Waals surface area contributed by atoms with Crippen molar-refractivity contribution in [3.63, 3.8) is 0 Å². The van der Waals surface area contributed by atoms with Gasteiger partial charge in [0.15, 0.2) is 0 Å². The van der Waals surface area contributed by atoms with Gasteiger partial charge >= 0.3 is 0 Å². The molecular formula is C18H20BrClFNO2. The molecule has 6 heteroatoms. The van der Waals surface area contributed by atoms with Crippen LogP contribution in [0.15, 0.2) is 40.9 Å². The van der Waals surface area contributed by atoms with E-state index in [0.29, 0.717) is 22.9 Å². The number of hydrogen-bond donors (Lipinski definition) is 2. The van der Waals surface area contributed by atoms with Gasteiger partial charge in [-0.15, -0.1) is 0 Å². The molecule has 0 aliphatic heterocycles. The first-order chi connectivity index (χ1) is 11.5. The predicted octanol–water partition coefficient (Wildman–Crippen LogP) is 4.68. The summed E-state index contributed by atoms with van der Waals surface area (Å²) in [6.45, 7) is 2.67. The molecule has 0 bridgehead atoms. The number of halogens is 3. The van der Waals surface area contributed by atoms with Gasteiger partial charge in [-0.1, -0.05) is 40.5 Å². The Morgan fingerprint density at radius 3 is 2.79 bits per heavy atom. The number of aliphatic hydroxyl groups excluding tert-OH is 1. The van der Waals surface area contributed by atoms with E-state index < -0.39 is 0 Å². The third-order valence-corrected chi connectivity index (χ3v) is 4.60. The summed E-state index contributed by atoms with van der Waals surface area (Å²) in [5.74, 6) is 0.267. The summed E-state index contributed by atoms with van der Waals surface area (Å²) in [5, 5.41) is 12.9. The van der Waals surface area contributed by atoms with Crippen molar-refractivity contribution in [2.24, 2.45) is 0 Å². The molecule has 1 atom stereocenters. The van der Waals surface area contributed by atoms with Gasteiger partial charge in [-0.2, -0.15) is 0 Å². The van der Waals surface area contributed by atoms with Crippen LogP contribution in [0.4, 0.5) is 4.39 Å². The highest BCUT2D eigenvalue weighted by molar-refractivity contribution is 9.10. The highest BCUT2D eigenvalue weighted by Gasteiger charge is 2.11. The Morgan fingerprint density at radius 1 is 1.33 bits per heavy atom. The Balaban J connectivity index is 2.12. The van der Waals surface area contributed by atoms with Crippen LogP contribution in [0.5, 0.6) is 5.75 Å². The fourth-order valence-electron chi connectivity index (χ4n) is 2.24. The standard InChI is InChI=1S/C18H20BrClFNO2/c1-2-14(10-23)22-9-12-8-13(19)6-7-18(12)24-11-15-16(20)4-3-5-17(15)21/h3-8,14,22-23H,2,9-11H2,1H3/t14-/m0/s1. The van der Waals surface area contributed by atoms with Gasteiger partial charge in [0.25, 0.3) is 0 Å². The van der Waals surface area contributed by atoms with E-state index in [1.165, 1.54) is 6.07 Å².